The van der Waals surface area contributed by atoms with E-state index in [1.165, 1.54) is 30.5 Å². The Bertz CT molecular complexity index is 1250. The average molecular weight is 523 g/mol. The van der Waals surface area contributed by atoms with Crippen molar-refractivity contribution in [2.45, 2.75) is 6.18 Å². The summed E-state index contributed by atoms with van der Waals surface area (Å²) in [6.07, 6.45) is -0.583. The topological polar surface area (TPSA) is 60.9 Å². The highest BCUT2D eigenvalue weighted by molar-refractivity contribution is 6.29. The van der Waals surface area contributed by atoms with Crippen LogP contribution in [0.3, 0.4) is 0 Å². The molecular formula is C24H20ClF5N6. The minimum Gasteiger partial charge on any atom is -0.353 e. The van der Waals surface area contributed by atoms with Gasteiger partial charge in [-0.15, -0.1) is 0 Å². The van der Waals surface area contributed by atoms with Gasteiger partial charge < -0.3 is 14.8 Å². The number of nitrogens with zero attached hydrogens (tertiary/aromatic N) is 5. The van der Waals surface area contributed by atoms with E-state index in [1.807, 2.05) is 9.80 Å². The Kier molecular flexibility index (Phi) is 7.68. The number of anilines is 2. The maximum absolute atomic E-state index is 13.0. The number of rotatable bonds is 3. The van der Waals surface area contributed by atoms with Crippen molar-refractivity contribution >= 4 is 23.4 Å². The number of piperazine rings is 1. The average Bonchev–Trinajstić information content (AvgIpc) is 3.37. The van der Waals surface area contributed by atoms with E-state index in [-0.39, 0.29) is 11.6 Å². The van der Waals surface area contributed by atoms with Crippen molar-refractivity contribution < 1.29 is 22.0 Å². The third kappa shape index (κ3) is 6.48. The van der Waals surface area contributed by atoms with Crippen LogP contribution in [0.5, 0.6) is 0 Å². The van der Waals surface area contributed by atoms with Gasteiger partial charge in [-0.05, 0) is 36.4 Å². The number of nitrogens with one attached hydrogen (secondary N) is 1. The summed E-state index contributed by atoms with van der Waals surface area (Å²) in [5.41, 5.74) is 0.271. The lowest BCUT2D eigenvalue weighted by Crippen LogP contribution is -2.47. The van der Waals surface area contributed by atoms with Gasteiger partial charge >= 0.3 is 6.18 Å². The molecule has 0 aliphatic carbocycles. The van der Waals surface area contributed by atoms with E-state index in [2.05, 4.69) is 19.9 Å². The Hall–Kier alpha value is -3.73. The highest BCUT2D eigenvalue weighted by Gasteiger charge is 2.30. The molecule has 1 aliphatic heterocycles. The lowest BCUT2D eigenvalue weighted by atomic mass is 10.1. The fourth-order valence-electron chi connectivity index (χ4n) is 3.54. The molecular weight excluding hydrogens is 503 g/mol. The summed E-state index contributed by atoms with van der Waals surface area (Å²) in [6.45, 7) is 2.68. The molecule has 0 atom stereocenters. The first-order chi connectivity index (χ1) is 17.2. The van der Waals surface area contributed by atoms with Gasteiger partial charge in [-0.25, -0.2) is 23.7 Å². The molecule has 1 fully saturated rings. The number of aromatic amines is 1. The molecule has 36 heavy (non-hydrogen) atoms. The van der Waals surface area contributed by atoms with E-state index < -0.39 is 11.7 Å². The van der Waals surface area contributed by atoms with Gasteiger partial charge in [-0.3, -0.25) is 0 Å². The van der Waals surface area contributed by atoms with E-state index in [1.54, 1.807) is 18.3 Å². The van der Waals surface area contributed by atoms with Crippen molar-refractivity contribution in [1.82, 2.24) is 19.9 Å². The number of hydrogen-bond donors (Lipinski definition) is 1. The van der Waals surface area contributed by atoms with Crippen molar-refractivity contribution in [3.63, 3.8) is 0 Å². The first-order valence-electron chi connectivity index (χ1n) is 10.8. The van der Waals surface area contributed by atoms with Gasteiger partial charge in [-0.2, -0.15) is 13.2 Å². The number of aromatic nitrogens is 4. The summed E-state index contributed by atoms with van der Waals surface area (Å²) in [4.78, 5) is 19.1. The summed E-state index contributed by atoms with van der Waals surface area (Å²) < 4.78 is 63.7. The van der Waals surface area contributed by atoms with Gasteiger partial charge in [0.05, 0.1) is 29.8 Å². The fraction of sp³-hybridized carbons (Fsp3) is 0.208. The molecule has 4 aromatic rings. The SMILES string of the molecule is Fc1ccc(Cl)nc1.Fc1ccc(N2CCN(c3ncc(-c4cccc(C(F)(F)F)c4)[nH]3)CC2)nc1. The standard InChI is InChI=1S/C19H17F4N5.C5H3ClFN/c20-15-4-5-17(24-11-15)27-6-8-28(9-7-27)18-25-12-16(26-18)13-2-1-3-14(10-13)19(21,22)23;6-5-2-1-4(7)3-8-5/h1-5,10-12H,6-9H2,(H,25,26);1-3H. The summed E-state index contributed by atoms with van der Waals surface area (Å²) in [7, 11) is 0. The zero-order chi connectivity index (χ0) is 25.7. The molecule has 12 heteroatoms. The number of halogens is 6. The van der Waals surface area contributed by atoms with Gasteiger partial charge in [0.2, 0.25) is 5.95 Å². The largest absolute Gasteiger partial charge is 0.416 e. The first kappa shape index (κ1) is 25.4. The van der Waals surface area contributed by atoms with Crippen molar-refractivity contribution in [3.8, 4) is 11.3 Å². The first-order valence-corrected chi connectivity index (χ1v) is 11.2. The monoisotopic (exact) mass is 522 g/mol. The van der Waals surface area contributed by atoms with Crippen molar-refractivity contribution in [3.05, 3.63) is 89.5 Å². The number of alkyl halides is 3. The molecule has 0 saturated carbocycles. The van der Waals surface area contributed by atoms with Crippen LogP contribution < -0.4 is 9.80 Å². The minimum absolute atomic E-state index is 0.311. The highest BCUT2D eigenvalue weighted by Crippen LogP contribution is 2.32. The maximum atomic E-state index is 13.0. The van der Waals surface area contributed by atoms with Crippen molar-refractivity contribution in [2.24, 2.45) is 0 Å². The quantitative estimate of drug-likeness (QED) is 0.271. The zero-order valence-electron chi connectivity index (χ0n) is 18.7. The van der Waals surface area contributed by atoms with Crippen LogP contribution in [0.1, 0.15) is 5.56 Å². The van der Waals surface area contributed by atoms with Gasteiger partial charge in [0.1, 0.15) is 22.6 Å². The van der Waals surface area contributed by atoms with Crippen LogP contribution >= 0.6 is 11.6 Å². The molecule has 0 amide bonds. The van der Waals surface area contributed by atoms with Crippen molar-refractivity contribution in [1.29, 1.82) is 0 Å². The second kappa shape index (κ2) is 10.9. The summed E-state index contributed by atoms with van der Waals surface area (Å²) in [5, 5.41) is 0.311. The molecule has 3 aromatic heterocycles. The summed E-state index contributed by atoms with van der Waals surface area (Å²) in [6, 6.07) is 10.8. The van der Waals surface area contributed by atoms with Gasteiger partial charge in [-0.1, -0.05) is 23.7 Å². The van der Waals surface area contributed by atoms with Crippen LogP contribution in [0, 0.1) is 11.6 Å². The van der Waals surface area contributed by atoms with E-state index in [4.69, 9.17) is 11.6 Å². The number of pyridine rings is 2. The second-order valence-corrected chi connectivity index (χ2v) is 8.19. The minimum atomic E-state index is -4.39. The lowest BCUT2D eigenvalue weighted by molar-refractivity contribution is -0.137. The number of benzene rings is 1. The van der Waals surface area contributed by atoms with Crippen LogP contribution in [-0.2, 0) is 6.18 Å². The van der Waals surface area contributed by atoms with Gasteiger partial charge in [0, 0.05) is 31.7 Å². The molecule has 0 radical (unpaired) electrons. The van der Waals surface area contributed by atoms with E-state index in [0.717, 1.165) is 18.3 Å². The lowest BCUT2D eigenvalue weighted by Gasteiger charge is -2.35. The predicted molar refractivity (Wildman–Crippen MR) is 127 cm³/mol. The molecule has 1 aliphatic rings. The third-order valence-corrected chi connectivity index (χ3v) is 5.59. The Morgan fingerprint density at radius 1 is 0.778 bits per heavy atom. The number of imidazole rings is 1. The highest BCUT2D eigenvalue weighted by atomic mass is 35.5. The molecule has 0 spiro atoms. The molecule has 1 N–H and O–H groups in total. The smallest absolute Gasteiger partial charge is 0.353 e. The third-order valence-electron chi connectivity index (χ3n) is 5.37. The maximum Gasteiger partial charge on any atom is 0.416 e. The van der Waals surface area contributed by atoms with E-state index in [9.17, 15) is 22.0 Å². The molecule has 5 rings (SSSR count). The summed E-state index contributed by atoms with van der Waals surface area (Å²) in [5.74, 6) is 0.582. The Labute approximate surface area is 208 Å². The van der Waals surface area contributed by atoms with Crippen molar-refractivity contribution in [2.75, 3.05) is 36.0 Å². The number of H-pyrrole nitrogens is 1. The van der Waals surface area contributed by atoms with E-state index in [0.29, 0.717) is 54.4 Å². The summed E-state index contributed by atoms with van der Waals surface area (Å²) >= 11 is 5.33. The van der Waals surface area contributed by atoms with Crippen LogP contribution in [0.4, 0.5) is 33.7 Å². The fourth-order valence-corrected chi connectivity index (χ4v) is 3.65. The van der Waals surface area contributed by atoms with E-state index >= 15 is 0 Å². The number of hydrogen-bond acceptors (Lipinski definition) is 5. The van der Waals surface area contributed by atoms with Gasteiger partial charge in [0.25, 0.3) is 0 Å². The Balaban J connectivity index is 0.000000325. The molecule has 0 bridgehead atoms. The molecule has 188 valence electrons. The Morgan fingerprint density at radius 3 is 2.03 bits per heavy atom. The Morgan fingerprint density at radius 2 is 1.44 bits per heavy atom. The molecule has 4 heterocycles. The van der Waals surface area contributed by atoms with Crippen LogP contribution in [0.2, 0.25) is 5.15 Å². The van der Waals surface area contributed by atoms with Crippen LogP contribution in [-0.4, -0.2) is 46.1 Å². The second-order valence-electron chi connectivity index (χ2n) is 7.81. The molecule has 0 unspecified atom stereocenters. The van der Waals surface area contributed by atoms with Crippen LogP contribution in [0.25, 0.3) is 11.3 Å². The normalized spacial score (nSPS) is 13.8. The molecule has 1 saturated heterocycles. The molecule has 1 aromatic carbocycles. The van der Waals surface area contributed by atoms with Gasteiger partial charge in [0.15, 0.2) is 0 Å². The van der Waals surface area contributed by atoms with Crippen LogP contribution in [0.15, 0.2) is 67.1 Å². The molecule has 6 nitrogen and oxygen atoms in total. The predicted octanol–water partition coefficient (Wildman–Crippen LogP) is 5.83. The zero-order valence-corrected chi connectivity index (χ0v) is 19.4.